The number of benzene rings is 2. The molecule has 14 nitrogen and oxygen atoms in total. The monoisotopic (exact) mass is 853 g/mol. The first-order chi connectivity index (χ1) is 28.0. The van der Waals surface area contributed by atoms with E-state index in [2.05, 4.69) is 30.7 Å². The number of imide groups is 1. The molecule has 0 aliphatic carbocycles. The molecule has 3 aromatic rings. The highest BCUT2D eigenvalue weighted by Crippen LogP contribution is 2.43. The van der Waals surface area contributed by atoms with Crippen molar-refractivity contribution in [1.82, 2.24) is 20.1 Å². The molecule has 3 N–H and O–H groups in total. The normalized spacial score (nSPS) is 23.1. The van der Waals surface area contributed by atoms with Crippen LogP contribution in [0.3, 0.4) is 0 Å². The molecule has 0 radical (unpaired) electrons. The van der Waals surface area contributed by atoms with Gasteiger partial charge in [0.15, 0.2) is 11.2 Å². The molecule has 7 rings (SSSR count). The van der Waals surface area contributed by atoms with Crippen molar-refractivity contribution in [3.63, 3.8) is 0 Å². The number of hydrogen-bond donors (Lipinski definition) is 4. The number of carbonyl (C=O) groups is 4. The maximum Gasteiger partial charge on any atom is 0.419 e. The smallest absolute Gasteiger partial charge is 0.419 e. The summed E-state index contributed by atoms with van der Waals surface area (Å²) in [6.45, 7) is 8.15. The van der Waals surface area contributed by atoms with E-state index in [1.54, 1.807) is 43.0 Å². The van der Waals surface area contributed by atoms with Gasteiger partial charge in [-0.05, 0) is 81.1 Å². The molecule has 4 amide bonds. The van der Waals surface area contributed by atoms with Crippen LogP contribution < -0.4 is 30.5 Å². The molecule has 4 aliphatic heterocycles. The van der Waals surface area contributed by atoms with Crippen LogP contribution in [0.2, 0.25) is 5.02 Å². The number of thiol groups is 1. The second-order valence-electron chi connectivity index (χ2n) is 15.5. The van der Waals surface area contributed by atoms with E-state index in [1.165, 1.54) is 6.07 Å². The molecule has 4 saturated heterocycles. The average molecular weight is 854 g/mol. The number of piperidine rings is 1. The molecule has 2 bridgehead atoms. The van der Waals surface area contributed by atoms with Crippen molar-refractivity contribution in [1.29, 1.82) is 5.26 Å². The summed E-state index contributed by atoms with van der Waals surface area (Å²) >= 11 is 11.0. The summed E-state index contributed by atoms with van der Waals surface area (Å²) in [7, 11) is 0. The molecule has 0 spiro atoms. The van der Waals surface area contributed by atoms with Crippen LogP contribution in [-0.4, -0.2) is 100 Å². The van der Waals surface area contributed by atoms with E-state index >= 15 is 0 Å². The molecule has 19 heteroatoms. The Kier molecular flexibility index (Phi) is 11.8. The van der Waals surface area contributed by atoms with Crippen LogP contribution in [0, 0.1) is 11.3 Å². The minimum atomic E-state index is -4.84. The number of ether oxygens (including phenoxy) is 1. The Morgan fingerprint density at radius 1 is 1.08 bits per heavy atom. The molecule has 59 heavy (non-hydrogen) atoms. The number of anilines is 4. The number of likely N-dealkylation sites (tertiary alicyclic amines) is 2. The van der Waals surface area contributed by atoms with Gasteiger partial charge in [-0.2, -0.15) is 18.4 Å². The van der Waals surface area contributed by atoms with Crippen molar-refractivity contribution >= 4 is 70.6 Å². The molecular weight excluding hydrogens is 811 g/mol. The van der Waals surface area contributed by atoms with E-state index in [4.69, 9.17) is 29.0 Å². The van der Waals surface area contributed by atoms with Gasteiger partial charge in [0.1, 0.15) is 30.0 Å². The van der Waals surface area contributed by atoms with E-state index in [0.717, 1.165) is 42.2 Å². The summed E-state index contributed by atoms with van der Waals surface area (Å²) in [4.78, 5) is 61.6. The highest BCUT2D eigenvalue weighted by molar-refractivity contribution is 7.81. The van der Waals surface area contributed by atoms with Crippen LogP contribution in [0.1, 0.15) is 56.9 Å². The number of aryl methyl sites for hydroxylation is 1. The molecular formula is C40H43ClF3N9O5S. The number of fused-ring (bicyclic) bond motifs is 2. The molecule has 5 heterocycles. The second-order valence-corrected chi connectivity index (χ2v) is 16.4. The quantitative estimate of drug-likeness (QED) is 0.143. The third-order valence-electron chi connectivity index (χ3n) is 11.3. The Morgan fingerprint density at radius 2 is 1.81 bits per heavy atom. The summed E-state index contributed by atoms with van der Waals surface area (Å²) in [5.41, 5.74) is -1.73. The van der Waals surface area contributed by atoms with Gasteiger partial charge in [0.2, 0.25) is 17.7 Å². The first kappa shape index (κ1) is 42.0. The van der Waals surface area contributed by atoms with Gasteiger partial charge in [-0.25, -0.2) is 4.98 Å². The number of nitrogens with one attached hydrogen (secondary N) is 3. The summed E-state index contributed by atoms with van der Waals surface area (Å²) in [5, 5.41) is 17.9. The number of piperazine rings is 1. The lowest BCUT2D eigenvalue weighted by Crippen LogP contribution is -2.49. The second kappa shape index (κ2) is 16.5. The number of halogens is 4. The standard InChI is InChI=1S/C40H43ClF3N9O5S/c1-4-22-11-26(53-38(59)52(37(57)39(53,2)3)27-16-30(40(42,43)44)32(17-45)46-18-27)5-7-33(22)58-10-9-50-19-29-15-28(50)20-51(29)21-35(55)48-25-13-23(41)12-24(14-25)47-31-6-8-34(54)49-36(31)56/h5,7,11-14,16,18,28-29,31,38,47,59H,4,6,8-10,15,19-21H2,1-3H3,(H,48,55)(H,49,54,56)/t28-,29-,31?,38+/m1/s1. The van der Waals surface area contributed by atoms with E-state index in [-0.39, 0.29) is 42.6 Å². The van der Waals surface area contributed by atoms with Gasteiger partial charge in [-0.3, -0.25) is 39.2 Å². The van der Waals surface area contributed by atoms with E-state index in [1.807, 2.05) is 19.1 Å². The number of nitriles is 1. The molecule has 4 fully saturated rings. The number of hydrogen-bond acceptors (Lipinski definition) is 12. The van der Waals surface area contributed by atoms with E-state index in [0.29, 0.717) is 53.8 Å². The van der Waals surface area contributed by atoms with Gasteiger partial charge in [0.25, 0.3) is 5.91 Å². The minimum absolute atomic E-state index is 0.121. The number of alkyl halides is 3. The number of amides is 4. The molecule has 1 aromatic heterocycles. The van der Waals surface area contributed by atoms with Crippen LogP contribution in [0.25, 0.3) is 0 Å². The fraction of sp³-hybridized carbons (Fsp3) is 0.450. The topological polar surface area (TPSA) is 163 Å². The zero-order chi connectivity index (χ0) is 42.4. The maximum atomic E-state index is 13.8. The molecule has 0 saturated carbocycles. The number of pyridine rings is 1. The Labute approximate surface area is 349 Å². The molecule has 1 unspecified atom stereocenters. The zero-order valence-electron chi connectivity index (χ0n) is 32.5. The van der Waals surface area contributed by atoms with Crippen molar-refractivity contribution in [3.8, 4) is 11.8 Å². The summed E-state index contributed by atoms with van der Waals surface area (Å²) in [6.07, 6.45) is -1.63. The lowest BCUT2D eigenvalue weighted by molar-refractivity contribution is -0.138. The van der Waals surface area contributed by atoms with Gasteiger partial charge in [0, 0.05) is 60.2 Å². The van der Waals surface area contributed by atoms with Gasteiger partial charge in [-0.15, -0.1) is 12.6 Å². The third-order valence-corrected chi connectivity index (χ3v) is 12.0. The van der Waals surface area contributed by atoms with Gasteiger partial charge >= 0.3 is 6.18 Å². The molecule has 2 aromatic carbocycles. The third kappa shape index (κ3) is 8.65. The van der Waals surface area contributed by atoms with Crippen molar-refractivity contribution in [2.45, 2.75) is 81.8 Å². The largest absolute Gasteiger partial charge is 0.492 e. The Hall–Kier alpha value is -5.09. The molecule has 312 valence electrons. The summed E-state index contributed by atoms with van der Waals surface area (Å²) < 4.78 is 47.5. The Bertz CT molecular complexity index is 2220. The molecule has 4 aliphatic rings. The van der Waals surface area contributed by atoms with Crippen LogP contribution in [0.4, 0.5) is 35.9 Å². The van der Waals surface area contributed by atoms with E-state index in [9.17, 15) is 37.6 Å². The highest BCUT2D eigenvalue weighted by atomic mass is 35.5. The van der Waals surface area contributed by atoms with Gasteiger partial charge < -0.3 is 20.3 Å². The number of rotatable bonds is 12. The predicted molar refractivity (Wildman–Crippen MR) is 217 cm³/mol. The van der Waals surface area contributed by atoms with Crippen molar-refractivity contribution in [2.75, 3.05) is 53.2 Å². The Balaban J connectivity index is 0.922. The average Bonchev–Trinajstić information content (AvgIpc) is 3.80. The summed E-state index contributed by atoms with van der Waals surface area (Å²) in [6, 6.07) is 12.6. The lowest BCUT2D eigenvalue weighted by atomic mass is 10.0. The van der Waals surface area contributed by atoms with Crippen LogP contribution in [0.5, 0.6) is 5.75 Å². The number of nitrogens with zero attached hydrogens (tertiary/aromatic N) is 6. The van der Waals surface area contributed by atoms with E-state index < -0.39 is 46.3 Å². The van der Waals surface area contributed by atoms with Crippen molar-refractivity contribution in [3.05, 3.63) is 70.5 Å². The number of carbonyl (C=O) groups excluding carboxylic acids is 4. The van der Waals surface area contributed by atoms with Gasteiger partial charge in [0.05, 0.1) is 24.0 Å². The fourth-order valence-corrected chi connectivity index (χ4v) is 9.27. The SMILES string of the molecule is CCc1cc(N2[C@@H](S)N(c3cnc(C#N)c(C(F)(F)F)c3)C(=O)C2(C)C)ccc1OCCN1C[C@H]2C[C@@H]1CN2CC(=O)Nc1cc(Cl)cc(NC2CCC(=O)NC2=O)c1. The first-order valence-electron chi connectivity index (χ1n) is 19.2. The van der Waals surface area contributed by atoms with Crippen molar-refractivity contribution < 1.29 is 37.1 Å². The van der Waals surface area contributed by atoms with Crippen molar-refractivity contribution in [2.24, 2.45) is 0 Å². The highest BCUT2D eigenvalue weighted by Gasteiger charge is 2.52. The minimum Gasteiger partial charge on any atom is -0.492 e. The van der Waals surface area contributed by atoms with Crippen LogP contribution >= 0.6 is 24.2 Å². The first-order valence-corrected chi connectivity index (χ1v) is 20.1. The molecule has 4 atom stereocenters. The Morgan fingerprint density at radius 3 is 2.49 bits per heavy atom. The number of aromatic nitrogens is 1. The van der Waals surface area contributed by atoms with Crippen LogP contribution in [0.15, 0.2) is 48.7 Å². The lowest BCUT2D eigenvalue weighted by Gasteiger charge is -2.34. The zero-order valence-corrected chi connectivity index (χ0v) is 34.1. The summed E-state index contributed by atoms with van der Waals surface area (Å²) in [5.74, 6) is -0.696. The van der Waals surface area contributed by atoms with Gasteiger partial charge in [-0.1, -0.05) is 18.5 Å². The predicted octanol–water partition coefficient (Wildman–Crippen LogP) is 5.03. The maximum absolute atomic E-state index is 13.8. The van der Waals surface area contributed by atoms with Crippen LogP contribution in [-0.2, 0) is 31.8 Å². The fourth-order valence-electron chi connectivity index (χ4n) is 8.37.